The molecule has 114 valence electrons. The number of hydrogen-bond donors (Lipinski definition) is 2. The Morgan fingerprint density at radius 1 is 1.48 bits per heavy atom. The Morgan fingerprint density at radius 3 is 2.90 bits per heavy atom. The highest BCUT2D eigenvalue weighted by atomic mass is 79.9. The number of carbonyl (C=O) groups excluding carboxylic acids is 1. The van der Waals surface area contributed by atoms with E-state index in [1.165, 1.54) is 4.90 Å². The molecule has 2 amide bonds. The average molecular weight is 357 g/mol. The van der Waals surface area contributed by atoms with Crippen LogP contribution >= 0.6 is 15.9 Å². The van der Waals surface area contributed by atoms with Crippen molar-refractivity contribution in [2.75, 3.05) is 20.3 Å². The molecule has 0 aromatic heterocycles. The first-order valence-corrected chi connectivity index (χ1v) is 7.33. The summed E-state index contributed by atoms with van der Waals surface area (Å²) in [5, 5.41) is 11.8. The molecular formula is C14H17BrN2O4. The third-order valence-electron chi connectivity index (χ3n) is 3.36. The molecule has 1 saturated heterocycles. The van der Waals surface area contributed by atoms with E-state index in [4.69, 9.17) is 9.84 Å². The number of ether oxygens (including phenoxy) is 1. The summed E-state index contributed by atoms with van der Waals surface area (Å²) >= 11 is 3.38. The lowest BCUT2D eigenvalue weighted by Gasteiger charge is -2.22. The maximum absolute atomic E-state index is 12.1. The smallest absolute Gasteiger partial charge is 0.317 e. The third kappa shape index (κ3) is 4.18. The molecular weight excluding hydrogens is 340 g/mol. The van der Waals surface area contributed by atoms with Crippen molar-refractivity contribution >= 4 is 27.9 Å². The zero-order chi connectivity index (χ0) is 15.4. The lowest BCUT2D eigenvalue weighted by molar-refractivity contribution is -0.142. The largest absolute Gasteiger partial charge is 0.481 e. The highest BCUT2D eigenvalue weighted by Crippen LogP contribution is 2.15. The monoisotopic (exact) mass is 356 g/mol. The number of carboxylic acid groups (broad SMARTS) is 1. The number of halogens is 1. The van der Waals surface area contributed by atoms with E-state index in [2.05, 4.69) is 21.2 Å². The zero-order valence-corrected chi connectivity index (χ0v) is 13.2. The predicted octanol–water partition coefficient (Wildman–Crippen LogP) is 1.69. The Hall–Kier alpha value is -1.60. The average Bonchev–Trinajstić information content (AvgIpc) is 2.87. The second kappa shape index (κ2) is 6.91. The Labute approximate surface area is 131 Å². The second-order valence-electron chi connectivity index (χ2n) is 5.02. The summed E-state index contributed by atoms with van der Waals surface area (Å²) in [4.78, 5) is 24.7. The van der Waals surface area contributed by atoms with Gasteiger partial charge in [-0.15, -0.1) is 0 Å². The highest BCUT2D eigenvalue weighted by molar-refractivity contribution is 9.10. The summed E-state index contributed by atoms with van der Waals surface area (Å²) in [6.07, 6.45) is 0. The number of urea groups is 1. The van der Waals surface area contributed by atoms with Gasteiger partial charge in [-0.25, -0.2) is 4.79 Å². The first-order chi connectivity index (χ1) is 9.97. The number of rotatable bonds is 4. The molecule has 21 heavy (non-hydrogen) atoms. The van der Waals surface area contributed by atoms with Gasteiger partial charge in [0.25, 0.3) is 0 Å². The fourth-order valence-corrected chi connectivity index (χ4v) is 2.64. The van der Waals surface area contributed by atoms with Gasteiger partial charge in [-0.3, -0.25) is 4.79 Å². The number of hydrogen-bond acceptors (Lipinski definition) is 3. The molecule has 1 aliphatic rings. The van der Waals surface area contributed by atoms with Gasteiger partial charge in [-0.2, -0.15) is 0 Å². The van der Waals surface area contributed by atoms with Gasteiger partial charge in [0.2, 0.25) is 0 Å². The number of nitrogens with zero attached hydrogens (tertiary/aromatic N) is 1. The third-order valence-corrected chi connectivity index (χ3v) is 3.86. The minimum Gasteiger partial charge on any atom is -0.481 e. The molecule has 0 radical (unpaired) electrons. The van der Waals surface area contributed by atoms with Crippen LogP contribution in [0.15, 0.2) is 28.7 Å². The quantitative estimate of drug-likeness (QED) is 0.860. The molecule has 0 saturated carbocycles. The topological polar surface area (TPSA) is 78.9 Å². The number of amides is 2. The summed E-state index contributed by atoms with van der Waals surface area (Å²) in [7, 11) is 1.67. The first kappa shape index (κ1) is 15.8. The number of carbonyl (C=O) groups is 2. The molecule has 1 heterocycles. The van der Waals surface area contributed by atoms with Crippen LogP contribution in [0.2, 0.25) is 0 Å². The Kier molecular flexibility index (Phi) is 5.19. The highest BCUT2D eigenvalue weighted by Gasteiger charge is 2.35. The second-order valence-corrected chi connectivity index (χ2v) is 5.94. The molecule has 0 aliphatic carbocycles. The minimum atomic E-state index is -0.951. The molecule has 1 aromatic carbocycles. The van der Waals surface area contributed by atoms with Crippen LogP contribution in [-0.2, 0) is 16.1 Å². The lowest BCUT2D eigenvalue weighted by Crippen LogP contribution is -2.47. The van der Waals surface area contributed by atoms with Gasteiger partial charge in [0.05, 0.1) is 19.3 Å². The van der Waals surface area contributed by atoms with Crippen molar-refractivity contribution in [2.45, 2.75) is 12.6 Å². The van der Waals surface area contributed by atoms with E-state index in [0.717, 1.165) is 10.0 Å². The van der Waals surface area contributed by atoms with Crippen molar-refractivity contribution in [2.24, 2.45) is 5.92 Å². The zero-order valence-electron chi connectivity index (χ0n) is 11.6. The number of nitrogens with one attached hydrogen (secondary N) is 1. The predicted molar refractivity (Wildman–Crippen MR) is 79.9 cm³/mol. The van der Waals surface area contributed by atoms with E-state index in [1.807, 2.05) is 24.3 Å². The molecule has 2 atom stereocenters. The molecule has 0 spiro atoms. The van der Waals surface area contributed by atoms with Gasteiger partial charge in [0.1, 0.15) is 5.92 Å². The van der Waals surface area contributed by atoms with Crippen LogP contribution in [0, 0.1) is 5.92 Å². The van der Waals surface area contributed by atoms with Gasteiger partial charge in [-0.1, -0.05) is 28.1 Å². The van der Waals surface area contributed by atoms with Crippen LogP contribution in [0.5, 0.6) is 0 Å². The molecule has 1 fully saturated rings. The normalized spacial score (nSPS) is 21.0. The Balaban J connectivity index is 1.92. The van der Waals surface area contributed by atoms with E-state index in [9.17, 15) is 9.59 Å². The molecule has 6 nitrogen and oxygen atoms in total. The fourth-order valence-electron chi connectivity index (χ4n) is 2.19. The van der Waals surface area contributed by atoms with Crippen LogP contribution in [-0.4, -0.2) is 48.3 Å². The van der Waals surface area contributed by atoms with Gasteiger partial charge in [-0.05, 0) is 17.7 Å². The summed E-state index contributed by atoms with van der Waals surface area (Å²) < 4.78 is 6.07. The SMILES string of the molecule is CN(Cc1cccc(Br)c1)C(=O)NC1COCC1C(=O)O. The Bertz CT molecular complexity index is 537. The number of benzene rings is 1. The van der Waals surface area contributed by atoms with Crippen molar-refractivity contribution < 1.29 is 19.4 Å². The van der Waals surface area contributed by atoms with E-state index in [1.54, 1.807) is 7.05 Å². The summed E-state index contributed by atoms with van der Waals surface area (Å²) in [5.74, 6) is -1.64. The molecule has 0 bridgehead atoms. The maximum atomic E-state index is 12.1. The fraction of sp³-hybridized carbons (Fsp3) is 0.429. The van der Waals surface area contributed by atoms with E-state index >= 15 is 0 Å². The number of carboxylic acids is 1. The first-order valence-electron chi connectivity index (χ1n) is 6.54. The molecule has 1 aromatic rings. The standard InChI is InChI=1S/C14H17BrN2O4/c1-17(6-9-3-2-4-10(15)5-9)14(20)16-12-8-21-7-11(12)13(18)19/h2-5,11-12H,6-8H2,1H3,(H,16,20)(H,18,19). The van der Waals surface area contributed by atoms with Crippen LogP contribution < -0.4 is 5.32 Å². The van der Waals surface area contributed by atoms with E-state index in [-0.39, 0.29) is 19.2 Å². The molecule has 1 aliphatic heterocycles. The molecule has 2 unspecified atom stereocenters. The van der Waals surface area contributed by atoms with Gasteiger partial charge in [0, 0.05) is 18.1 Å². The van der Waals surface area contributed by atoms with E-state index < -0.39 is 17.9 Å². The van der Waals surface area contributed by atoms with Gasteiger partial charge < -0.3 is 20.1 Å². The van der Waals surface area contributed by atoms with E-state index in [0.29, 0.717) is 6.54 Å². The Morgan fingerprint density at radius 2 is 2.24 bits per heavy atom. The molecule has 2 N–H and O–H groups in total. The van der Waals surface area contributed by atoms with Crippen LogP contribution in [0.1, 0.15) is 5.56 Å². The summed E-state index contributed by atoms with van der Waals surface area (Å²) in [6, 6.07) is 6.88. The molecule has 7 heteroatoms. The van der Waals surface area contributed by atoms with Crippen molar-refractivity contribution in [1.82, 2.24) is 10.2 Å². The van der Waals surface area contributed by atoms with Gasteiger partial charge in [0.15, 0.2) is 0 Å². The maximum Gasteiger partial charge on any atom is 0.317 e. The van der Waals surface area contributed by atoms with Gasteiger partial charge >= 0.3 is 12.0 Å². The summed E-state index contributed by atoms with van der Waals surface area (Å²) in [5.41, 5.74) is 0.986. The van der Waals surface area contributed by atoms with Crippen molar-refractivity contribution in [3.8, 4) is 0 Å². The number of aliphatic carboxylic acids is 1. The van der Waals surface area contributed by atoms with Crippen molar-refractivity contribution in [1.29, 1.82) is 0 Å². The minimum absolute atomic E-state index is 0.135. The summed E-state index contributed by atoms with van der Waals surface area (Å²) in [6.45, 7) is 0.805. The van der Waals surface area contributed by atoms with Crippen molar-refractivity contribution in [3.63, 3.8) is 0 Å². The van der Waals surface area contributed by atoms with Crippen LogP contribution in [0.4, 0.5) is 4.79 Å². The molecule has 2 rings (SSSR count). The van der Waals surface area contributed by atoms with Crippen molar-refractivity contribution in [3.05, 3.63) is 34.3 Å². The van der Waals surface area contributed by atoms with Crippen LogP contribution in [0.25, 0.3) is 0 Å². The lowest BCUT2D eigenvalue weighted by atomic mass is 10.0. The van der Waals surface area contributed by atoms with Crippen LogP contribution in [0.3, 0.4) is 0 Å².